The van der Waals surface area contributed by atoms with Crippen LogP contribution in [0.1, 0.15) is 63.4 Å². The summed E-state index contributed by atoms with van der Waals surface area (Å²) in [5.41, 5.74) is 10.1. The molecule has 0 atom stereocenters. The van der Waals surface area contributed by atoms with Crippen LogP contribution < -0.4 is 11.1 Å². The smallest absolute Gasteiger partial charge is 0.225 e. The molecule has 1 saturated heterocycles. The summed E-state index contributed by atoms with van der Waals surface area (Å²) in [6.45, 7) is 0.880. The van der Waals surface area contributed by atoms with Crippen LogP contribution in [0.15, 0.2) is 60.7 Å². The van der Waals surface area contributed by atoms with E-state index in [1.54, 1.807) is 0 Å². The van der Waals surface area contributed by atoms with Crippen molar-refractivity contribution in [2.45, 2.75) is 75.5 Å². The number of likely N-dealkylation sites (tertiary alicyclic amines) is 1. The minimum Gasteiger partial charge on any atom is -0.340 e. The summed E-state index contributed by atoms with van der Waals surface area (Å²) in [5, 5.41) is 11.9. The van der Waals surface area contributed by atoms with Gasteiger partial charge >= 0.3 is 0 Å². The highest BCUT2D eigenvalue weighted by Gasteiger charge is 2.42. The number of amides is 2. The summed E-state index contributed by atoms with van der Waals surface area (Å²) in [5.74, 6) is 0.948. The monoisotopic (exact) mass is 541 g/mol. The lowest BCUT2D eigenvalue weighted by molar-refractivity contribution is -0.130. The van der Waals surface area contributed by atoms with Gasteiger partial charge in [-0.3, -0.25) is 9.59 Å². The maximum Gasteiger partial charge on any atom is 0.225 e. The van der Waals surface area contributed by atoms with Crippen molar-refractivity contribution in [3.63, 3.8) is 0 Å². The van der Waals surface area contributed by atoms with Crippen molar-refractivity contribution in [3.05, 3.63) is 66.2 Å². The maximum atomic E-state index is 13.5. The molecule has 3 aliphatic rings. The fourth-order valence-corrected chi connectivity index (χ4v) is 6.60. The highest BCUT2D eigenvalue weighted by Crippen LogP contribution is 2.42. The zero-order valence-corrected chi connectivity index (χ0v) is 22.7. The van der Waals surface area contributed by atoms with E-state index >= 15 is 0 Å². The highest BCUT2D eigenvalue weighted by atomic mass is 19.1. The van der Waals surface area contributed by atoms with Gasteiger partial charge in [0.05, 0.1) is 0 Å². The van der Waals surface area contributed by atoms with Gasteiger partial charge in [0.15, 0.2) is 5.82 Å². The van der Waals surface area contributed by atoms with Gasteiger partial charge in [0.2, 0.25) is 11.8 Å². The van der Waals surface area contributed by atoms with Crippen LogP contribution in [0, 0.1) is 5.92 Å². The van der Waals surface area contributed by atoms with Crippen LogP contribution in [0.3, 0.4) is 0 Å². The number of nitrogens with zero attached hydrogens (tertiary/aromatic N) is 3. The Kier molecular flexibility index (Phi) is 7.36. The van der Waals surface area contributed by atoms with Crippen molar-refractivity contribution in [1.82, 2.24) is 15.1 Å². The van der Waals surface area contributed by atoms with Crippen LogP contribution in [0.2, 0.25) is 0 Å². The molecular formula is C32H36FN5O2. The van der Waals surface area contributed by atoms with Crippen LogP contribution in [0.4, 0.5) is 10.2 Å². The molecule has 2 saturated carbocycles. The second-order valence-corrected chi connectivity index (χ2v) is 11.7. The van der Waals surface area contributed by atoms with Crippen molar-refractivity contribution < 1.29 is 14.0 Å². The summed E-state index contributed by atoms with van der Waals surface area (Å²) in [7, 11) is 0. The predicted octanol–water partition coefficient (Wildman–Crippen LogP) is 5.61. The van der Waals surface area contributed by atoms with Gasteiger partial charge in [0.25, 0.3) is 0 Å². The molecule has 1 aromatic heterocycles. The van der Waals surface area contributed by atoms with E-state index in [0.717, 1.165) is 60.9 Å². The van der Waals surface area contributed by atoms with Crippen LogP contribution in [0.5, 0.6) is 0 Å². The number of rotatable bonds is 7. The van der Waals surface area contributed by atoms with E-state index in [0.29, 0.717) is 49.2 Å². The maximum absolute atomic E-state index is 13.5. The van der Waals surface area contributed by atoms with E-state index < -0.39 is 11.7 Å². The Labute approximate surface area is 234 Å². The zero-order chi connectivity index (χ0) is 27.7. The Morgan fingerprint density at radius 1 is 1.00 bits per heavy atom. The number of hydrogen-bond donors (Lipinski definition) is 2. The predicted molar refractivity (Wildman–Crippen MR) is 153 cm³/mol. The normalized spacial score (nSPS) is 26.4. The second-order valence-electron chi connectivity index (χ2n) is 11.7. The van der Waals surface area contributed by atoms with Gasteiger partial charge in [-0.25, -0.2) is 4.39 Å². The molecule has 3 N–H and O–H groups in total. The number of halogens is 1. The molecule has 7 nitrogen and oxygen atoms in total. The fourth-order valence-electron chi connectivity index (χ4n) is 6.60. The topological polar surface area (TPSA) is 101 Å². The average molecular weight is 542 g/mol. The quantitative estimate of drug-likeness (QED) is 0.405. The lowest BCUT2D eigenvalue weighted by Crippen LogP contribution is -2.50. The molecule has 2 heterocycles. The number of alkyl halides is 1. The van der Waals surface area contributed by atoms with Gasteiger partial charge in [-0.2, -0.15) is 0 Å². The second kappa shape index (κ2) is 11.1. The Hall–Kier alpha value is -3.65. The first-order valence-electron chi connectivity index (χ1n) is 14.4. The molecule has 0 unspecified atom stereocenters. The molecule has 0 bridgehead atoms. The number of carbonyl (C=O) groups is 2. The minimum absolute atomic E-state index is 0.0639. The Morgan fingerprint density at radius 3 is 2.38 bits per heavy atom. The van der Waals surface area contributed by atoms with Crippen molar-refractivity contribution in [1.29, 1.82) is 0 Å². The van der Waals surface area contributed by atoms with E-state index in [1.807, 2.05) is 65.6 Å². The molecule has 2 aromatic carbocycles. The van der Waals surface area contributed by atoms with Gasteiger partial charge < -0.3 is 16.0 Å². The van der Waals surface area contributed by atoms with E-state index in [9.17, 15) is 14.0 Å². The molecule has 3 fully saturated rings. The summed E-state index contributed by atoms with van der Waals surface area (Å²) >= 11 is 0. The van der Waals surface area contributed by atoms with E-state index in [-0.39, 0.29) is 11.8 Å². The molecule has 8 heteroatoms. The third kappa shape index (κ3) is 5.50. The van der Waals surface area contributed by atoms with Crippen LogP contribution in [0.25, 0.3) is 22.4 Å². The SMILES string of the molecule is NC1(c2ccc(-c3nnc(NC(=O)CC4CCC(N5CCCC5=O)CC4)cc3-c3ccccc3)cc2)CC(F)C1. The van der Waals surface area contributed by atoms with Crippen molar-refractivity contribution in [2.24, 2.45) is 11.7 Å². The summed E-state index contributed by atoms with van der Waals surface area (Å²) in [6.07, 6.45) is 5.77. The summed E-state index contributed by atoms with van der Waals surface area (Å²) in [4.78, 5) is 27.1. The number of carbonyl (C=O) groups excluding carboxylic acids is 2. The molecule has 2 amide bonds. The number of nitrogens with two attached hydrogens (primary N) is 1. The van der Waals surface area contributed by atoms with Gasteiger partial charge in [-0.05, 0) is 55.2 Å². The number of hydrogen-bond acceptors (Lipinski definition) is 5. The van der Waals surface area contributed by atoms with Gasteiger partial charge in [0, 0.05) is 54.9 Å². The molecule has 6 rings (SSSR count). The van der Waals surface area contributed by atoms with E-state index in [2.05, 4.69) is 15.5 Å². The molecule has 0 spiro atoms. The highest BCUT2D eigenvalue weighted by molar-refractivity contribution is 5.91. The molecular weight excluding hydrogens is 505 g/mol. The zero-order valence-electron chi connectivity index (χ0n) is 22.7. The number of aromatic nitrogens is 2. The fraction of sp³-hybridized carbons (Fsp3) is 0.438. The molecule has 208 valence electrons. The first-order chi connectivity index (χ1) is 19.4. The first kappa shape index (κ1) is 26.6. The third-order valence-corrected chi connectivity index (χ3v) is 8.89. The van der Waals surface area contributed by atoms with Crippen molar-refractivity contribution in [2.75, 3.05) is 11.9 Å². The van der Waals surface area contributed by atoms with E-state index in [1.165, 1.54) is 0 Å². The largest absolute Gasteiger partial charge is 0.340 e. The first-order valence-corrected chi connectivity index (χ1v) is 14.4. The molecule has 2 aliphatic carbocycles. The van der Waals surface area contributed by atoms with Crippen LogP contribution in [-0.2, 0) is 15.1 Å². The van der Waals surface area contributed by atoms with Crippen molar-refractivity contribution >= 4 is 17.6 Å². The van der Waals surface area contributed by atoms with Gasteiger partial charge in [-0.1, -0.05) is 54.6 Å². The number of benzene rings is 2. The van der Waals surface area contributed by atoms with E-state index in [4.69, 9.17) is 5.73 Å². The molecule has 0 radical (unpaired) electrons. The Balaban J connectivity index is 1.15. The minimum atomic E-state index is -0.835. The van der Waals surface area contributed by atoms with Crippen LogP contribution in [-0.4, -0.2) is 45.7 Å². The Morgan fingerprint density at radius 2 is 1.73 bits per heavy atom. The van der Waals surface area contributed by atoms with Crippen molar-refractivity contribution in [3.8, 4) is 22.4 Å². The lowest BCUT2D eigenvalue weighted by Gasteiger charge is -2.41. The summed E-state index contributed by atoms with van der Waals surface area (Å²) in [6, 6.07) is 19.9. The molecule has 40 heavy (non-hydrogen) atoms. The molecule has 3 aromatic rings. The number of nitrogens with one attached hydrogen (secondary N) is 1. The third-order valence-electron chi connectivity index (χ3n) is 8.89. The lowest BCUT2D eigenvalue weighted by atomic mass is 9.71. The average Bonchev–Trinajstić information content (AvgIpc) is 3.39. The molecule has 1 aliphatic heterocycles. The van der Waals surface area contributed by atoms with Crippen LogP contribution >= 0.6 is 0 Å². The number of anilines is 1. The Bertz CT molecular complexity index is 1370. The summed E-state index contributed by atoms with van der Waals surface area (Å²) < 4.78 is 13.5. The standard InChI is InChI=1S/C32H36FN5O2/c33-25-19-32(34,20-25)24-12-10-23(11-13-24)31-27(22-5-2-1-3-6-22)18-28(36-37-31)35-29(39)17-21-8-14-26(15-9-21)38-16-4-7-30(38)40/h1-3,5-6,10-13,18,21,25-26H,4,7-9,14-17,19-20,34H2,(H,35,36,39). The van der Waals surface area contributed by atoms with Gasteiger partial charge in [-0.15, -0.1) is 10.2 Å². The van der Waals surface area contributed by atoms with Gasteiger partial charge in [0.1, 0.15) is 11.9 Å².